The molecule has 2 rings (SSSR count). The number of nitrogens with one attached hydrogen (secondary N) is 2. The highest BCUT2D eigenvalue weighted by atomic mass is 32.2. The monoisotopic (exact) mass is 264 g/mol. The van der Waals surface area contributed by atoms with Crippen LogP contribution in [0.3, 0.4) is 0 Å². The van der Waals surface area contributed by atoms with E-state index in [1.807, 2.05) is 23.9 Å². The van der Waals surface area contributed by atoms with Crippen LogP contribution in [0, 0.1) is 5.92 Å². The van der Waals surface area contributed by atoms with E-state index < -0.39 is 0 Å². The van der Waals surface area contributed by atoms with Crippen LogP contribution in [-0.2, 0) is 4.79 Å². The van der Waals surface area contributed by atoms with E-state index in [0.29, 0.717) is 0 Å². The molecule has 1 unspecified atom stereocenters. The van der Waals surface area contributed by atoms with Crippen molar-refractivity contribution in [3.8, 4) is 0 Å². The van der Waals surface area contributed by atoms with Gasteiger partial charge >= 0.3 is 0 Å². The van der Waals surface area contributed by atoms with Gasteiger partial charge in [0, 0.05) is 17.1 Å². The molecule has 0 saturated carbocycles. The van der Waals surface area contributed by atoms with E-state index in [0.717, 1.165) is 37.4 Å². The first-order valence-electron chi connectivity index (χ1n) is 6.54. The Hall–Kier alpha value is -1.00. The summed E-state index contributed by atoms with van der Waals surface area (Å²) in [6, 6.07) is 8.07. The zero-order valence-electron chi connectivity index (χ0n) is 10.7. The van der Waals surface area contributed by atoms with Crippen LogP contribution in [0.15, 0.2) is 29.2 Å². The van der Waals surface area contributed by atoms with Crippen LogP contribution in [-0.4, -0.2) is 24.7 Å². The van der Waals surface area contributed by atoms with Crippen LogP contribution < -0.4 is 10.6 Å². The first-order chi connectivity index (χ1) is 8.79. The van der Waals surface area contributed by atoms with Gasteiger partial charge in [0.2, 0.25) is 5.91 Å². The van der Waals surface area contributed by atoms with Gasteiger partial charge in [0.1, 0.15) is 0 Å². The fourth-order valence-electron chi connectivity index (χ4n) is 2.12. The molecule has 1 aliphatic heterocycles. The first kappa shape index (κ1) is 13.4. The second-order valence-corrected chi connectivity index (χ2v) is 5.83. The molecule has 1 heterocycles. The SMILES string of the molecule is CCSc1ccc(NC(=O)C2CCCNC2)cc1. The van der Waals surface area contributed by atoms with Crippen molar-refractivity contribution < 1.29 is 4.79 Å². The van der Waals surface area contributed by atoms with Gasteiger partial charge in [0.25, 0.3) is 0 Å². The lowest BCUT2D eigenvalue weighted by Gasteiger charge is -2.21. The maximum Gasteiger partial charge on any atom is 0.228 e. The fourth-order valence-corrected chi connectivity index (χ4v) is 2.78. The molecule has 1 aromatic carbocycles. The fraction of sp³-hybridized carbons (Fsp3) is 0.500. The Morgan fingerprint density at radius 1 is 1.44 bits per heavy atom. The Labute approximate surface area is 113 Å². The molecule has 0 aliphatic carbocycles. The van der Waals surface area contributed by atoms with Crippen molar-refractivity contribution in [2.45, 2.75) is 24.7 Å². The largest absolute Gasteiger partial charge is 0.326 e. The minimum atomic E-state index is 0.114. The summed E-state index contributed by atoms with van der Waals surface area (Å²) in [5.41, 5.74) is 0.894. The molecule has 1 amide bonds. The summed E-state index contributed by atoms with van der Waals surface area (Å²) in [5.74, 6) is 1.32. The summed E-state index contributed by atoms with van der Waals surface area (Å²) in [6.45, 7) is 3.97. The van der Waals surface area contributed by atoms with Gasteiger partial charge in [-0.3, -0.25) is 4.79 Å². The maximum atomic E-state index is 12.0. The van der Waals surface area contributed by atoms with E-state index in [-0.39, 0.29) is 11.8 Å². The van der Waals surface area contributed by atoms with Crippen molar-refractivity contribution in [2.75, 3.05) is 24.2 Å². The Kier molecular flexibility index (Phi) is 5.08. The number of carbonyl (C=O) groups excluding carboxylic acids is 1. The highest BCUT2D eigenvalue weighted by molar-refractivity contribution is 7.99. The third-order valence-electron chi connectivity index (χ3n) is 3.10. The Morgan fingerprint density at radius 3 is 2.83 bits per heavy atom. The van der Waals surface area contributed by atoms with E-state index in [1.165, 1.54) is 4.90 Å². The van der Waals surface area contributed by atoms with Crippen LogP contribution in [0.2, 0.25) is 0 Å². The molecule has 2 N–H and O–H groups in total. The summed E-state index contributed by atoms with van der Waals surface area (Å²) in [7, 11) is 0. The number of piperidine rings is 1. The van der Waals surface area contributed by atoms with Gasteiger partial charge < -0.3 is 10.6 Å². The van der Waals surface area contributed by atoms with Gasteiger partial charge in [0.05, 0.1) is 5.92 Å². The number of anilines is 1. The van der Waals surface area contributed by atoms with Crippen LogP contribution >= 0.6 is 11.8 Å². The summed E-state index contributed by atoms with van der Waals surface area (Å²) in [4.78, 5) is 13.3. The molecule has 0 radical (unpaired) electrons. The minimum absolute atomic E-state index is 0.114. The van der Waals surface area contributed by atoms with Gasteiger partial charge in [-0.2, -0.15) is 0 Å². The van der Waals surface area contributed by atoms with E-state index in [9.17, 15) is 4.79 Å². The van der Waals surface area contributed by atoms with E-state index in [2.05, 4.69) is 29.7 Å². The van der Waals surface area contributed by atoms with Crippen LogP contribution in [0.5, 0.6) is 0 Å². The molecule has 98 valence electrons. The lowest BCUT2D eigenvalue weighted by Crippen LogP contribution is -2.37. The predicted molar refractivity (Wildman–Crippen MR) is 77.1 cm³/mol. The molecule has 1 saturated heterocycles. The van der Waals surface area contributed by atoms with Crippen molar-refractivity contribution in [3.05, 3.63) is 24.3 Å². The number of thioether (sulfide) groups is 1. The zero-order valence-corrected chi connectivity index (χ0v) is 11.6. The van der Waals surface area contributed by atoms with E-state index in [1.54, 1.807) is 0 Å². The molecule has 0 spiro atoms. The number of benzene rings is 1. The second-order valence-electron chi connectivity index (χ2n) is 4.49. The third kappa shape index (κ3) is 3.75. The summed E-state index contributed by atoms with van der Waals surface area (Å²) >= 11 is 1.81. The maximum absolute atomic E-state index is 12.0. The third-order valence-corrected chi connectivity index (χ3v) is 3.99. The average molecular weight is 264 g/mol. The molecular weight excluding hydrogens is 244 g/mol. The average Bonchev–Trinajstić information content (AvgIpc) is 2.42. The normalized spacial score (nSPS) is 19.5. The van der Waals surface area contributed by atoms with Crippen molar-refractivity contribution in [2.24, 2.45) is 5.92 Å². The molecule has 1 fully saturated rings. The highest BCUT2D eigenvalue weighted by Gasteiger charge is 2.20. The second kappa shape index (κ2) is 6.81. The molecule has 1 aromatic rings. The Morgan fingerprint density at radius 2 is 2.22 bits per heavy atom. The smallest absolute Gasteiger partial charge is 0.228 e. The molecule has 0 bridgehead atoms. The predicted octanol–water partition coefficient (Wildman–Crippen LogP) is 2.74. The number of rotatable bonds is 4. The standard InChI is InChI=1S/C14H20N2OS/c1-2-18-13-7-5-12(6-8-13)16-14(17)11-4-3-9-15-10-11/h5-8,11,15H,2-4,9-10H2,1H3,(H,16,17). The van der Waals surface area contributed by atoms with Crippen LogP contribution in [0.1, 0.15) is 19.8 Å². The molecular formula is C14H20N2OS. The lowest BCUT2D eigenvalue weighted by atomic mass is 9.99. The molecule has 4 heteroatoms. The van der Waals surface area contributed by atoms with Gasteiger partial charge in [-0.15, -0.1) is 11.8 Å². The van der Waals surface area contributed by atoms with E-state index >= 15 is 0 Å². The van der Waals surface area contributed by atoms with Crippen LogP contribution in [0.25, 0.3) is 0 Å². The number of amides is 1. The van der Waals surface area contributed by atoms with Crippen molar-refractivity contribution in [1.29, 1.82) is 0 Å². The van der Waals surface area contributed by atoms with Crippen molar-refractivity contribution in [1.82, 2.24) is 5.32 Å². The van der Waals surface area contributed by atoms with Crippen molar-refractivity contribution in [3.63, 3.8) is 0 Å². The van der Waals surface area contributed by atoms with Crippen molar-refractivity contribution >= 4 is 23.4 Å². The molecule has 3 nitrogen and oxygen atoms in total. The number of hydrogen-bond acceptors (Lipinski definition) is 3. The van der Waals surface area contributed by atoms with Gasteiger partial charge in [-0.1, -0.05) is 6.92 Å². The first-order valence-corrected chi connectivity index (χ1v) is 7.52. The summed E-state index contributed by atoms with van der Waals surface area (Å²) in [5, 5.41) is 6.26. The van der Waals surface area contributed by atoms with E-state index in [4.69, 9.17) is 0 Å². The molecule has 1 atom stereocenters. The van der Waals surface area contributed by atoms with Gasteiger partial charge in [-0.25, -0.2) is 0 Å². The highest BCUT2D eigenvalue weighted by Crippen LogP contribution is 2.20. The molecule has 18 heavy (non-hydrogen) atoms. The zero-order chi connectivity index (χ0) is 12.8. The van der Waals surface area contributed by atoms with Gasteiger partial charge in [0.15, 0.2) is 0 Å². The van der Waals surface area contributed by atoms with Crippen LogP contribution in [0.4, 0.5) is 5.69 Å². The topological polar surface area (TPSA) is 41.1 Å². The number of carbonyl (C=O) groups is 1. The number of hydrogen-bond donors (Lipinski definition) is 2. The summed E-state index contributed by atoms with van der Waals surface area (Å²) < 4.78 is 0. The minimum Gasteiger partial charge on any atom is -0.326 e. The Balaban J connectivity index is 1.89. The molecule has 1 aliphatic rings. The molecule has 0 aromatic heterocycles. The quantitative estimate of drug-likeness (QED) is 0.822. The Bertz CT molecular complexity index is 385. The lowest BCUT2D eigenvalue weighted by molar-refractivity contribution is -0.120. The summed E-state index contributed by atoms with van der Waals surface area (Å²) in [6.07, 6.45) is 2.08. The van der Waals surface area contributed by atoms with Gasteiger partial charge in [-0.05, 0) is 49.4 Å².